The van der Waals surface area contributed by atoms with E-state index in [1.165, 1.54) is 16.7 Å². The minimum absolute atomic E-state index is 0.209. The first-order valence-corrected chi connectivity index (χ1v) is 14.4. The van der Waals surface area contributed by atoms with Crippen LogP contribution >= 0.6 is 0 Å². The molecule has 11 nitrogen and oxygen atoms in total. The Hall–Kier alpha value is -4.58. The number of aromatic nitrogens is 2. The Morgan fingerprint density at radius 1 is 1.09 bits per heavy atom. The van der Waals surface area contributed by atoms with Crippen LogP contribution in [0.4, 0.5) is 33.6 Å². The molecule has 1 fully saturated rings. The maximum Gasteiger partial charge on any atom is 0.325 e. The summed E-state index contributed by atoms with van der Waals surface area (Å²) in [5.41, 5.74) is 2.77. The van der Waals surface area contributed by atoms with Crippen LogP contribution in [0.5, 0.6) is 5.75 Å². The van der Waals surface area contributed by atoms with Crippen LogP contribution in [0.3, 0.4) is 0 Å². The number of anilines is 5. The second-order valence-electron chi connectivity index (χ2n) is 11.2. The summed E-state index contributed by atoms with van der Waals surface area (Å²) in [6, 6.07) is 13.3. The molecule has 3 aliphatic heterocycles. The van der Waals surface area contributed by atoms with Crippen molar-refractivity contribution in [2.75, 3.05) is 73.9 Å². The average Bonchev–Trinajstić information content (AvgIpc) is 3.03. The second-order valence-corrected chi connectivity index (χ2v) is 11.2. The number of para-hydroxylation sites is 1. The Labute approximate surface area is 253 Å². The van der Waals surface area contributed by atoms with Crippen molar-refractivity contribution in [3.8, 4) is 5.75 Å². The summed E-state index contributed by atoms with van der Waals surface area (Å²) in [6.07, 6.45) is 3.32. The molecule has 1 N–H and O–H groups in total. The van der Waals surface area contributed by atoms with E-state index in [0.29, 0.717) is 41.7 Å². The summed E-state index contributed by atoms with van der Waals surface area (Å²) >= 11 is 0. The molecule has 1 atom stereocenters. The van der Waals surface area contributed by atoms with E-state index in [1.807, 2.05) is 24.3 Å². The van der Waals surface area contributed by atoms with Crippen LogP contribution in [-0.2, 0) is 16.8 Å². The van der Waals surface area contributed by atoms with Crippen LogP contribution in [0.2, 0.25) is 0 Å². The molecule has 43 heavy (non-hydrogen) atoms. The van der Waals surface area contributed by atoms with Gasteiger partial charge in [0.05, 0.1) is 19.3 Å². The van der Waals surface area contributed by atoms with Gasteiger partial charge >= 0.3 is 6.03 Å². The molecule has 0 aliphatic carbocycles. The van der Waals surface area contributed by atoms with Gasteiger partial charge < -0.3 is 29.7 Å². The SMILES string of the molecule is [B]C1(N2Cc3cnc(Nc4ccc(N5CCN(C)CC5)cc4)nc3N(C)C2=O)CCN(C(=O)C=C)c2c(OC)cccc21. The fourth-order valence-electron chi connectivity index (χ4n) is 6.09. The van der Waals surface area contributed by atoms with Crippen molar-refractivity contribution in [1.82, 2.24) is 19.8 Å². The summed E-state index contributed by atoms with van der Waals surface area (Å²) in [4.78, 5) is 45.3. The number of methoxy groups -OCH3 is 1. The summed E-state index contributed by atoms with van der Waals surface area (Å²) in [7, 11) is 12.5. The monoisotopic (exact) mass is 578 g/mol. The van der Waals surface area contributed by atoms with Gasteiger partial charge in [-0.2, -0.15) is 4.98 Å². The van der Waals surface area contributed by atoms with Gasteiger partial charge in [-0.3, -0.25) is 9.69 Å². The number of amides is 3. The highest BCUT2D eigenvalue weighted by molar-refractivity contribution is 6.19. The fourth-order valence-corrected chi connectivity index (χ4v) is 6.09. The molecule has 3 aromatic rings. The summed E-state index contributed by atoms with van der Waals surface area (Å²) in [6.45, 7) is 8.24. The highest BCUT2D eigenvalue weighted by atomic mass is 16.5. The van der Waals surface area contributed by atoms with Gasteiger partial charge in [0.2, 0.25) is 11.9 Å². The number of nitrogens with zero attached hydrogens (tertiary/aromatic N) is 7. The van der Waals surface area contributed by atoms with E-state index in [-0.39, 0.29) is 18.5 Å². The number of piperazine rings is 1. The van der Waals surface area contributed by atoms with E-state index >= 15 is 0 Å². The predicted molar refractivity (Wildman–Crippen MR) is 168 cm³/mol. The number of hydrogen-bond acceptors (Lipinski definition) is 8. The molecule has 6 rings (SSSR count). The average molecular weight is 578 g/mol. The van der Waals surface area contributed by atoms with E-state index in [4.69, 9.17) is 17.6 Å². The Morgan fingerprint density at radius 3 is 2.53 bits per heavy atom. The number of carbonyl (C=O) groups is 2. The third kappa shape index (κ3) is 5.05. The Bertz CT molecular complexity index is 1560. The molecule has 0 spiro atoms. The number of rotatable bonds is 6. The van der Waals surface area contributed by atoms with Crippen molar-refractivity contribution in [2.45, 2.75) is 18.4 Å². The van der Waals surface area contributed by atoms with Gasteiger partial charge in [-0.15, -0.1) is 0 Å². The van der Waals surface area contributed by atoms with Crippen LogP contribution in [0.25, 0.3) is 0 Å². The van der Waals surface area contributed by atoms with Gasteiger partial charge in [0.15, 0.2) is 0 Å². The molecular formula is C31H35BN8O3. The molecule has 4 heterocycles. The molecule has 0 bridgehead atoms. The molecule has 1 saturated heterocycles. The number of likely N-dealkylation sites (N-methyl/N-ethyl adjacent to an activating group) is 1. The van der Waals surface area contributed by atoms with E-state index in [9.17, 15) is 9.59 Å². The largest absolute Gasteiger partial charge is 0.495 e. The molecule has 3 amide bonds. The third-order valence-corrected chi connectivity index (χ3v) is 8.59. The van der Waals surface area contributed by atoms with Crippen LogP contribution in [0, 0.1) is 0 Å². The first-order valence-electron chi connectivity index (χ1n) is 14.4. The maximum atomic E-state index is 13.9. The van der Waals surface area contributed by atoms with Crippen molar-refractivity contribution in [2.24, 2.45) is 0 Å². The minimum Gasteiger partial charge on any atom is -0.495 e. The molecule has 3 aliphatic rings. The predicted octanol–water partition coefficient (Wildman–Crippen LogP) is 3.30. The lowest BCUT2D eigenvalue weighted by Gasteiger charge is -2.50. The summed E-state index contributed by atoms with van der Waals surface area (Å²) < 4.78 is 5.60. The van der Waals surface area contributed by atoms with Gasteiger partial charge in [0.1, 0.15) is 19.4 Å². The van der Waals surface area contributed by atoms with Gasteiger partial charge in [-0.25, -0.2) is 9.78 Å². The second kappa shape index (κ2) is 11.3. The highest BCUT2D eigenvalue weighted by Gasteiger charge is 2.46. The fraction of sp³-hybridized carbons (Fsp3) is 0.355. The van der Waals surface area contributed by atoms with Crippen molar-refractivity contribution in [3.63, 3.8) is 0 Å². The normalized spacial score (nSPS) is 20.4. The van der Waals surface area contributed by atoms with Gasteiger partial charge in [-0.1, -0.05) is 18.7 Å². The molecular weight excluding hydrogens is 543 g/mol. The Kier molecular flexibility index (Phi) is 7.47. The highest BCUT2D eigenvalue weighted by Crippen LogP contribution is 2.47. The number of hydrogen-bond donors (Lipinski definition) is 1. The van der Waals surface area contributed by atoms with Crippen molar-refractivity contribution >= 4 is 48.6 Å². The first-order chi connectivity index (χ1) is 20.7. The molecule has 220 valence electrons. The number of urea groups is 1. The molecule has 12 heteroatoms. The standard InChI is InChI=1S/C31H35BN8O3/c1-5-26(41)39-14-13-31(32,24-7-6-8-25(43-4)27(24)39)40-20-21-19-33-29(35-28(21)37(3)30(40)42)34-22-9-11-23(12-10-22)38-17-15-36(2)16-18-38/h5-12,19H,1,13-18,20H2,2-4H3,(H,33,34,35). The molecule has 0 saturated carbocycles. The van der Waals surface area contributed by atoms with Crippen LogP contribution in [-0.4, -0.2) is 93.5 Å². The van der Waals surface area contributed by atoms with E-state index in [0.717, 1.165) is 37.4 Å². The van der Waals surface area contributed by atoms with E-state index in [2.05, 4.69) is 45.9 Å². The van der Waals surface area contributed by atoms with E-state index < -0.39 is 5.44 Å². The van der Waals surface area contributed by atoms with Crippen LogP contribution in [0.15, 0.2) is 61.3 Å². The molecule has 1 unspecified atom stereocenters. The Balaban J connectivity index is 1.24. The quantitative estimate of drug-likeness (QED) is 0.352. The molecule has 1 aromatic heterocycles. The number of fused-ring (bicyclic) bond motifs is 2. The lowest BCUT2D eigenvalue weighted by Crippen LogP contribution is -2.59. The number of ether oxygens (including phenoxy) is 1. The third-order valence-electron chi connectivity index (χ3n) is 8.59. The first kappa shape index (κ1) is 28.5. The lowest BCUT2D eigenvalue weighted by molar-refractivity contribution is -0.114. The Morgan fingerprint density at radius 2 is 1.84 bits per heavy atom. The summed E-state index contributed by atoms with van der Waals surface area (Å²) in [5.74, 6) is 1.15. The van der Waals surface area contributed by atoms with Crippen molar-refractivity contribution in [1.29, 1.82) is 0 Å². The topological polar surface area (TPSA) is 97.4 Å². The van der Waals surface area contributed by atoms with Crippen LogP contribution in [0.1, 0.15) is 17.5 Å². The van der Waals surface area contributed by atoms with Gasteiger partial charge in [0.25, 0.3) is 0 Å². The number of carbonyl (C=O) groups excluding carboxylic acids is 2. The zero-order valence-corrected chi connectivity index (χ0v) is 24.8. The maximum absolute atomic E-state index is 13.9. The van der Waals surface area contributed by atoms with Gasteiger partial charge in [-0.05, 0) is 55.4 Å². The van der Waals surface area contributed by atoms with Crippen LogP contribution < -0.4 is 24.8 Å². The van der Waals surface area contributed by atoms with Gasteiger partial charge in [0, 0.05) is 68.3 Å². The number of nitrogens with one attached hydrogen (secondary N) is 1. The zero-order valence-electron chi connectivity index (χ0n) is 24.8. The van der Waals surface area contributed by atoms with Crippen molar-refractivity contribution in [3.05, 3.63) is 72.4 Å². The zero-order chi connectivity index (χ0) is 30.3. The van der Waals surface area contributed by atoms with Crippen molar-refractivity contribution < 1.29 is 14.3 Å². The van der Waals surface area contributed by atoms with E-state index in [1.54, 1.807) is 36.2 Å². The number of benzene rings is 2. The minimum atomic E-state index is -1.20. The molecule has 2 aromatic carbocycles. The lowest BCUT2D eigenvalue weighted by atomic mass is 9.65. The molecule has 2 radical (unpaired) electrons. The smallest absolute Gasteiger partial charge is 0.325 e. The summed E-state index contributed by atoms with van der Waals surface area (Å²) in [5, 5.41) is 3.27.